The van der Waals surface area contributed by atoms with Crippen LogP contribution in [-0.4, -0.2) is 16.7 Å². The Balaban J connectivity index is 2.66. The Labute approximate surface area is 111 Å². The highest BCUT2D eigenvalue weighted by Gasteiger charge is 2.16. The Morgan fingerprint density at radius 3 is 2.61 bits per heavy atom. The zero-order valence-electron chi connectivity index (χ0n) is 11.0. The topological polar surface area (TPSA) is 29.9 Å². The van der Waals surface area contributed by atoms with Gasteiger partial charge in [-0.05, 0) is 17.6 Å². The quantitative estimate of drug-likeness (QED) is 0.837. The number of aromatic nitrogens is 2. The van der Waals surface area contributed by atoms with E-state index in [2.05, 4.69) is 25.8 Å². The molecule has 98 valence electrons. The number of nitrogens with zero attached hydrogens (tertiary/aromatic N) is 1. The number of hydrogen-bond acceptors (Lipinski definition) is 2. The van der Waals surface area contributed by atoms with E-state index in [0.29, 0.717) is 10.3 Å². The summed E-state index contributed by atoms with van der Waals surface area (Å²) >= 11 is 5.29. The maximum Gasteiger partial charge on any atom is 0.178 e. The highest BCUT2D eigenvalue weighted by Crippen LogP contribution is 2.27. The summed E-state index contributed by atoms with van der Waals surface area (Å²) in [6.07, 6.45) is 0. The van der Waals surface area contributed by atoms with Crippen LogP contribution in [0.5, 0.6) is 5.75 Å². The van der Waals surface area contributed by atoms with Crippen LogP contribution in [0.3, 0.4) is 0 Å². The second kappa shape index (κ2) is 4.39. The number of halogens is 1. The van der Waals surface area contributed by atoms with Gasteiger partial charge in [0.05, 0.1) is 18.1 Å². The molecule has 1 heterocycles. The van der Waals surface area contributed by atoms with Crippen molar-refractivity contribution in [2.24, 2.45) is 5.41 Å². The van der Waals surface area contributed by atoms with E-state index in [1.54, 1.807) is 6.07 Å². The molecule has 0 aliphatic rings. The second-order valence-electron chi connectivity index (χ2n) is 5.58. The number of benzene rings is 1. The molecule has 0 aliphatic heterocycles. The van der Waals surface area contributed by atoms with Gasteiger partial charge in [0.2, 0.25) is 0 Å². The average molecular weight is 268 g/mol. The van der Waals surface area contributed by atoms with E-state index < -0.39 is 0 Å². The van der Waals surface area contributed by atoms with Crippen LogP contribution in [0.15, 0.2) is 12.1 Å². The third-order valence-corrected chi connectivity index (χ3v) is 3.00. The molecule has 0 saturated heterocycles. The number of methoxy groups -OCH3 is 1. The molecule has 1 N–H and O–H groups in total. The van der Waals surface area contributed by atoms with Crippen molar-refractivity contribution < 1.29 is 9.13 Å². The van der Waals surface area contributed by atoms with E-state index >= 15 is 0 Å². The first-order valence-electron chi connectivity index (χ1n) is 5.78. The predicted octanol–water partition coefficient (Wildman–Crippen LogP) is 3.89. The van der Waals surface area contributed by atoms with Crippen LogP contribution in [0.2, 0.25) is 0 Å². The first-order valence-corrected chi connectivity index (χ1v) is 6.19. The van der Waals surface area contributed by atoms with Gasteiger partial charge >= 0.3 is 0 Å². The number of aromatic amines is 1. The molecular weight excluding hydrogens is 251 g/mol. The lowest BCUT2D eigenvalue weighted by Crippen LogP contribution is -2.15. The molecule has 3 nitrogen and oxygen atoms in total. The minimum Gasteiger partial charge on any atom is -0.494 e. The monoisotopic (exact) mass is 268 g/mol. The fourth-order valence-electron chi connectivity index (χ4n) is 1.95. The van der Waals surface area contributed by atoms with Crippen molar-refractivity contribution in [1.29, 1.82) is 0 Å². The molecule has 2 rings (SSSR count). The standard InChI is InChI=1S/C13H17FN2OS/c1-13(2,3)7-16-10-6-11(17-4)8(14)5-9(10)15-12(16)18/h5-6H,7H2,1-4H3,(H,15,18). The highest BCUT2D eigenvalue weighted by atomic mass is 32.1. The Morgan fingerprint density at radius 1 is 1.39 bits per heavy atom. The third kappa shape index (κ3) is 2.41. The van der Waals surface area contributed by atoms with Crippen LogP contribution in [0.1, 0.15) is 20.8 Å². The molecule has 5 heteroatoms. The van der Waals surface area contributed by atoms with E-state index in [9.17, 15) is 4.39 Å². The van der Waals surface area contributed by atoms with E-state index in [0.717, 1.165) is 12.1 Å². The molecular formula is C13H17FN2OS. The van der Waals surface area contributed by atoms with Crippen LogP contribution >= 0.6 is 12.2 Å². The minimum atomic E-state index is -0.385. The lowest BCUT2D eigenvalue weighted by Gasteiger charge is -2.19. The largest absolute Gasteiger partial charge is 0.494 e. The van der Waals surface area contributed by atoms with Gasteiger partial charge in [-0.15, -0.1) is 0 Å². The van der Waals surface area contributed by atoms with Crippen LogP contribution < -0.4 is 4.74 Å². The summed E-state index contributed by atoms with van der Waals surface area (Å²) in [6, 6.07) is 3.10. The molecule has 0 saturated carbocycles. The second-order valence-corrected chi connectivity index (χ2v) is 5.97. The van der Waals surface area contributed by atoms with Crippen molar-refractivity contribution in [2.45, 2.75) is 27.3 Å². The van der Waals surface area contributed by atoms with Crippen molar-refractivity contribution in [3.8, 4) is 5.75 Å². The lowest BCUT2D eigenvalue weighted by molar-refractivity contribution is 0.346. The van der Waals surface area contributed by atoms with Gasteiger partial charge in [-0.1, -0.05) is 20.8 Å². The summed E-state index contributed by atoms with van der Waals surface area (Å²) in [5, 5.41) is 0. The molecule has 0 radical (unpaired) electrons. The number of hydrogen-bond donors (Lipinski definition) is 1. The molecule has 1 aromatic heterocycles. The number of fused-ring (bicyclic) bond motifs is 1. The highest BCUT2D eigenvalue weighted by molar-refractivity contribution is 7.71. The number of H-pyrrole nitrogens is 1. The Morgan fingerprint density at radius 2 is 2.06 bits per heavy atom. The van der Waals surface area contributed by atoms with Crippen molar-refractivity contribution >= 4 is 23.3 Å². The molecule has 0 aliphatic carbocycles. The summed E-state index contributed by atoms with van der Waals surface area (Å²) in [5.41, 5.74) is 1.66. The third-order valence-electron chi connectivity index (χ3n) is 2.68. The van der Waals surface area contributed by atoms with E-state index in [-0.39, 0.29) is 17.0 Å². The molecule has 2 aromatic rings. The molecule has 18 heavy (non-hydrogen) atoms. The summed E-state index contributed by atoms with van der Waals surface area (Å²) in [4.78, 5) is 3.02. The fourth-order valence-corrected chi connectivity index (χ4v) is 2.22. The smallest absolute Gasteiger partial charge is 0.178 e. The first kappa shape index (κ1) is 13.1. The molecule has 0 fully saturated rings. The van der Waals surface area contributed by atoms with Gasteiger partial charge in [0.25, 0.3) is 0 Å². The fraction of sp³-hybridized carbons (Fsp3) is 0.462. The van der Waals surface area contributed by atoms with Crippen LogP contribution in [0.25, 0.3) is 11.0 Å². The SMILES string of the molecule is COc1cc2c(cc1F)[nH]c(=S)n2CC(C)(C)C. The van der Waals surface area contributed by atoms with Gasteiger partial charge in [-0.25, -0.2) is 4.39 Å². The summed E-state index contributed by atoms with van der Waals surface area (Å²) < 4.78 is 21.2. The van der Waals surface area contributed by atoms with E-state index in [4.69, 9.17) is 17.0 Å². The Kier molecular flexibility index (Phi) is 3.19. The van der Waals surface area contributed by atoms with Crippen molar-refractivity contribution in [3.05, 3.63) is 22.7 Å². The van der Waals surface area contributed by atoms with Gasteiger partial charge in [-0.2, -0.15) is 0 Å². The first-order chi connectivity index (χ1) is 8.31. The van der Waals surface area contributed by atoms with Crippen molar-refractivity contribution in [3.63, 3.8) is 0 Å². The van der Waals surface area contributed by atoms with Crippen molar-refractivity contribution in [2.75, 3.05) is 7.11 Å². The minimum absolute atomic E-state index is 0.0922. The molecule has 0 spiro atoms. The summed E-state index contributed by atoms with van der Waals surface area (Å²) in [5.74, 6) is -0.150. The number of rotatable bonds is 2. The van der Waals surface area contributed by atoms with Crippen LogP contribution in [-0.2, 0) is 6.54 Å². The molecule has 0 unspecified atom stereocenters. The predicted molar refractivity (Wildman–Crippen MR) is 73.1 cm³/mol. The number of nitrogens with one attached hydrogen (secondary N) is 1. The Bertz CT molecular complexity index is 637. The van der Waals surface area contributed by atoms with E-state index in [1.807, 2.05) is 4.57 Å². The zero-order valence-corrected chi connectivity index (χ0v) is 11.8. The van der Waals surface area contributed by atoms with E-state index in [1.165, 1.54) is 13.2 Å². The molecule has 0 amide bonds. The van der Waals surface area contributed by atoms with Gasteiger partial charge in [-0.3, -0.25) is 0 Å². The maximum absolute atomic E-state index is 13.6. The van der Waals surface area contributed by atoms with Gasteiger partial charge in [0.15, 0.2) is 16.3 Å². The number of ether oxygens (including phenoxy) is 1. The number of imidazole rings is 1. The van der Waals surface area contributed by atoms with Gasteiger partial charge in [0.1, 0.15) is 0 Å². The molecule has 0 atom stereocenters. The van der Waals surface area contributed by atoms with Gasteiger partial charge < -0.3 is 14.3 Å². The van der Waals surface area contributed by atoms with Crippen molar-refractivity contribution in [1.82, 2.24) is 9.55 Å². The normalized spacial score (nSPS) is 12.1. The average Bonchev–Trinajstić information content (AvgIpc) is 2.52. The summed E-state index contributed by atoms with van der Waals surface area (Å²) in [7, 11) is 1.46. The van der Waals surface area contributed by atoms with Crippen LogP contribution in [0, 0.1) is 16.0 Å². The Hall–Kier alpha value is -1.36. The lowest BCUT2D eigenvalue weighted by atomic mass is 9.97. The van der Waals surface area contributed by atoms with Crippen LogP contribution in [0.4, 0.5) is 4.39 Å². The molecule has 0 bridgehead atoms. The van der Waals surface area contributed by atoms with Gasteiger partial charge in [0, 0.05) is 18.7 Å². The molecule has 1 aromatic carbocycles. The maximum atomic E-state index is 13.6. The summed E-state index contributed by atoms with van der Waals surface area (Å²) in [6.45, 7) is 7.16. The zero-order chi connectivity index (χ0) is 13.5.